The number of nitrogens with zero attached hydrogens (tertiary/aromatic N) is 2. The SMILES string of the molecule is Cc1cc(F)c(N=C2SCC(=O)N2CC(C)(F)F)cc1S(=O)CC(F)(F)F. The van der Waals surface area contributed by atoms with Gasteiger partial charge in [0.1, 0.15) is 17.3 Å². The molecular formula is C15H14F6N2O2S2. The first-order valence-corrected chi connectivity index (χ1v) is 9.72. The van der Waals surface area contributed by atoms with Crippen molar-refractivity contribution in [2.45, 2.75) is 30.8 Å². The number of aryl methyl sites for hydroxylation is 1. The number of rotatable bonds is 5. The van der Waals surface area contributed by atoms with Gasteiger partial charge in [-0.05, 0) is 24.6 Å². The summed E-state index contributed by atoms with van der Waals surface area (Å²) >= 11 is 0.802. The number of halogens is 6. The van der Waals surface area contributed by atoms with E-state index in [4.69, 9.17) is 0 Å². The fourth-order valence-electron chi connectivity index (χ4n) is 2.22. The van der Waals surface area contributed by atoms with Crippen LogP contribution >= 0.6 is 11.8 Å². The maximum atomic E-state index is 14.2. The summed E-state index contributed by atoms with van der Waals surface area (Å²) in [6.07, 6.45) is -4.69. The van der Waals surface area contributed by atoms with Crippen molar-refractivity contribution in [3.05, 3.63) is 23.5 Å². The first-order chi connectivity index (χ1) is 12.3. The van der Waals surface area contributed by atoms with Gasteiger partial charge in [-0.1, -0.05) is 11.8 Å². The van der Waals surface area contributed by atoms with Crippen molar-refractivity contribution in [1.29, 1.82) is 0 Å². The van der Waals surface area contributed by atoms with E-state index in [1.54, 1.807) is 0 Å². The number of carbonyl (C=O) groups is 1. The predicted octanol–water partition coefficient (Wildman–Crippen LogP) is 4.02. The molecule has 1 atom stereocenters. The van der Waals surface area contributed by atoms with Gasteiger partial charge in [-0.2, -0.15) is 13.2 Å². The summed E-state index contributed by atoms with van der Waals surface area (Å²) in [4.78, 5) is 16.0. The fourth-order valence-corrected chi connectivity index (χ4v) is 4.22. The van der Waals surface area contributed by atoms with Gasteiger partial charge in [0.05, 0.1) is 23.1 Å². The number of amidine groups is 1. The second-order valence-corrected chi connectivity index (χ2v) is 8.27. The first kappa shape index (κ1) is 21.7. The molecule has 0 spiro atoms. The van der Waals surface area contributed by atoms with Gasteiger partial charge in [0.2, 0.25) is 5.91 Å². The molecule has 0 N–H and O–H groups in total. The molecule has 12 heteroatoms. The smallest absolute Gasteiger partial charge is 0.284 e. The van der Waals surface area contributed by atoms with E-state index in [-0.39, 0.29) is 21.4 Å². The fraction of sp³-hybridized carbons (Fsp3) is 0.467. The molecule has 1 aromatic rings. The lowest BCUT2D eigenvalue weighted by Gasteiger charge is -2.20. The van der Waals surface area contributed by atoms with E-state index in [0.717, 1.165) is 23.9 Å². The third-order valence-electron chi connectivity index (χ3n) is 3.29. The molecular weight excluding hydrogens is 418 g/mol. The second-order valence-electron chi connectivity index (χ2n) is 5.91. The highest BCUT2D eigenvalue weighted by molar-refractivity contribution is 8.15. The summed E-state index contributed by atoms with van der Waals surface area (Å²) in [5, 5.41) is -0.197. The van der Waals surface area contributed by atoms with Crippen molar-refractivity contribution in [2.75, 3.05) is 18.1 Å². The Morgan fingerprint density at radius 2 is 1.89 bits per heavy atom. The Kier molecular flexibility index (Phi) is 6.30. The van der Waals surface area contributed by atoms with Crippen LogP contribution in [0.15, 0.2) is 22.0 Å². The Labute approximate surface area is 157 Å². The van der Waals surface area contributed by atoms with Crippen LogP contribution in [-0.2, 0) is 15.6 Å². The average molecular weight is 432 g/mol. The molecule has 150 valence electrons. The molecule has 1 aliphatic rings. The quantitative estimate of drug-likeness (QED) is 0.661. The van der Waals surface area contributed by atoms with E-state index in [1.807, 2.05) is 0 Å². The van der Waals surface area contributed by atoms with Crippen LogP contribution in [0.25, 0.3) is 0 Å². The molecule has 0 aliphatic carbocycles. The lowest BCUT2D eigenvalue weighted by atomic mass is 10.2. The predicted molar refractivity (Wildman–Crippen MR) is 90.4 cm³/mol. The molecule has 1 fully saturated rings. The number of alkyl halides is 5. The highest BCUT2D eigenvalue weighted by Crippen LogP contribution is 2.31. The van der Waals surface area contributed by atoms with Gasteiger partial charge in [0.25, 0.3) is 5.92 Å². The molecule has 1 heterocycles. The van der Waals surface area contributed by atoms with Crippen LogP contribution in [0, 0.1) is 12.7 Å². The molecule has 27 heavy (non-hydrogen) atoms. The Morgan fingerprint density at radius 3 is 2.44 bits per heavy atom. The van der Waals surface area contributed by atoms with Gasteiger partial charge >= 0.3 is 6.18 Å². The van der Waals surface area contributed by atoms with Crippen molar-refractivity contribution < 1.29 is 35.3 Å². The molecule has 2 rings (SSSR count). The number of aliphatic imine (C=N–C) groups is 1. The lowest BCUT2D eigenvalue weighted by molar-refractivity contribution is -0.127. The van der Waals surface area contributed by atoms with Crippen molar-refractivity contribution in [3.63, 3.8) is 0 Å². The van der Waals surface area contributed by atoms with Crippen LogP contribution in [0.5, 0.6) is 0 Å². The van der Waals surface area contributed by atoms with Crippen LogP contribution in [0.4, 0.5) is 32.0 Å². The summed E-state index contributed by atoms with van der Waals surface area (Å²) in [6, 6.07) is 1.74. The second kappa shape index (κ2) is 7.82. The zero-order chi connectivity index (χ0) is 20.6. The number of thioether (sulfide) groups is 1. The first-order valence-electron chi connectivity index (χ1n) is 7.42. The van der Waals surface area contributed by atoms with Crippen LogP contribution in [0.2, 0.25) is 0 Å². The van der Waals surface area contributed by atoms with E-state index < -0.39 is 52.6 Å². The molecule has 1 amide bonds. The summed E-state index contributed by atoms with van der Waals surface area (Å²) in [7, 11) is -2.49. The van der Waals surface area contributed by atoms with E-state index in [1.165, 1.54) is 6.92 Å². The number of carbonyl (C=O) groups excluding carboxylic acids is 1. The van der Waals surface area contributed by atoms with Crippen molar-refractivity contribution in [3.8, 4) is 0 Å². The van der Waals surface area contributed by atoms with Gasteiger partial charge in [-0.25, -0.2) is 18.2 Å². The molecule has 0 radical (unpaired) electrons. The van der Waals surface area contributed by atoms with E-state index in [2.05, 4.69) is 4.99 Å². The minimum absolute atomic E-state index is 0.0335. The van der Waals surface area contributed by atoms with E-state index >= 15 is 0 Å². The highest BCUT2D eigenvalue weighted by atomic mass is 32.2. The molecule has 0 aromatic heterocycles. The highest BCUT2D eigenvalue weighted by Gasteiger charge is 2.36. The van der Waals surface area contributed by atoms with Crippen molar-refractivity contribution in [1.82, 2.24) is 4.90 Å². The molecule has 1 unspecified atom stereocenters. The summed E-state index contributed by atoms with van der Waals surface area (Å²) in [6.45, 7) is 0.936. The molecule has 4 nitrogen and oxygen atoms in total. The van der Waals surface area contributed by atoms with Gasteiger partial charge in [-0.15, -0.1) is 0 Å². The number of hydrogen-bond donors (Lipinski definition) is 0. The number of hydrogen-bond acceptors (Lipinski definition) is 4. The Balaban J connectivity index is 2.40. The van der Waals surface area contributed by atoms with Crippen LogP contribution in [0.1, 0.15) is 12.5 Å². The van der Waals surface area contributed by atoms with E-state index in [0.29, 0.717) is 11.8 Å². The normalized spacial score (nSPS) is 18.4. The topological polar surface area (TPSA) is 49.7 Å². The zero-order valence-corrected chi connectivity index (χ0v) is 15.7. The Morgan fingerprint density at radius 1 is 1.26 bits per heavy atom. The van der Waals surface area contributed by atoms with Gasteiger partial charge in [-0.3, -0.25) is 13.9 Å². The minimum atomic E-state index is -4.69. The molecule has 0 bridgehead atoms. The van der Waals surface area contributed by atoms with Gasteiger partial charge < -0.3 is 0 Å². The van der Waals surface area contributed by atoms with Crippen LogP contribution in [0.3, 0.4) is 0 Å². The molecule has 1 aliphatic heterocycles. The number of amides is 1. The largest absolute Gasteiger partial charge is 0.400 e. The monoisotopic (exact) mass is 432 g/mol. The third kappa shape index (κ3) is 5.96. The van der Waals surface area contributed by atoms with E-state index in [9.17, 15) is 35.3 Å². The summed E-state index contributed by atoms with van der Waals surface area (Å²) < 4.78 is 90.0. The van der Waals surface area contributed by atoms with Crippen LogP contribution < -0.4 is 0 Å². The molecule has 1 saturated heterocycles. The average Bonchev–Trinajstić information content (AvgIpc) is 2.79. The summed E-state index contributed by atoms with van der Waals surface area (Å²) in [5.74, 6) is -6.58. The lowest BCUT2D eigenvalue weighted by Crippen LogP contribution is -2.38. The van der Waals surface area contributed by atoms with Crippen LogP contribution in [-0.4, -0.2) is 50.3 Å². The minimum Gasteiger partial charge on any atom is -0.284 e. The maximum absolute atomic E-state index is 14.2. The van der Waals surface area contributed by atoms with Crippen molar-refractivity contribution in [2.24, 2.45) is 4.99 Å². The number of benzene rings is 1. The Bertz CT molecular complexity index is 805. The molecule has 1 aromatic carbocycles. The summed E-state index contributed by atoms with van der Waals surface area (Å²) in [5.41, 5.74) is -0.445. The van der Waals surface area contributed by atoms with Gasteiger partial charge in [0.15, 0.2) is 5.17 Å². The Hall–Kier alpha value is -1.56. The molecule has 0 saturated carbocycles. The maximum Gasteiger partial charge on any atom is 0.400 e. The third-order valence-corrected chi connectivity index (χ3v) is 5.77. The van der Waals surface area contributed by atoms with Gasteiger partial charge in [0, 0.05) is 11.8 Å². The zero-order valence-electron chi connectivity index (χ0n) is 14.1. The standard InChI is InChI=1S/C15H14F6N2O2S2/c1-8-3-9(16)10(4-11(8)27(25)7-15(19,20)21)22-13-23(6-14(2,17)18)12(24)5-26-13/h3-4H,5-7H2,1-2H3. The van der Waals surface area contributed by atoms with Crippen molar-refractivity contribution >= 4 is 39.3 Å².